The van der Waals surface area contributed by atoms with Gasteiger partial charge in [-0.1, -0.05) is 38.5 Å². The summed E-state index contributed by atoms with van der Waals surface area (Å²) in [4.78, 5) is 14.1. The molecular weight excluding hydrogens is 290 g/mol. The monoisotopic (exact) mass is 313 g/mol. The lowest BCUT2D eigenvalue weighted by atomic mass is 9.86. The second-order valence-corrected chi connectivity index (χ2v) is 7.00. The van der Waals surface area contributed by atoms with E-state index < -0.39 is 0 Å². The van der Waals surface area contributed by atoms with Crippen molar-refractivity contribution in [3.63, 3.8) is 0 Å². The molecule has 1 N–H and O–H groups in total. The van der Waals surface area contributed by atoms with Gasteiger partial charge in [-0.05, 0) is 48.8 Å². The Hall–Kier alpha value is -1.61. The van der Waals surface area contributed by atoms with Crippen LogP contribution in [-0.2, 0) is 19.3 Å². The van der Waals surface area contributed by atoms with Gasteiger partial charge < -0.3 is 5.32 Å². The third-order valence-corrected chi connectivity index (χ3v) is 5.78. The van der Waals surface area contributed by atoms with Gasteiger partial charge in [0.1, 0.15) is 0 Å². The van der Waals surface area contributed by atoms with Gasteiger partial charge in [0.2, 0.25) is 0 Å². The molecule has 3 heteroatoms. The molecule has 3 rings (SSSR count). The van der Waals surface area contributed by atoms with E-state index >= 15 is 0 Å². The van der Waals surface area contributed by atoms with Gasteiger partial charge in [0.15, 0.2) is 0 Å². The highest BCUT2D eigenvalue weighted by atomic mass is 32.1. The van der Waals surface area contributed by atoms with Gasteiger partial charge in [0.25, 0.3) is 5.91 Å². The molecule has 2 aromatic rings. The summed E-state index contributed by atoms with van der Waals surface area (Å²) in [7, 11) is 0. The van der Waals surface area contributed by atoms with Crippen molar-refractivity contribution in [1.82, 2.24) is 0 Å². The lowest BCUT2D eigenvalue weighted by molar-refractivity contribution is 0.102. The molecule has 0 saturated heterocycles. The molecule has 0 saturated carbocycles. The van der Waals surface area contributed by atoms with Gasteiger partial charge in [-0.25, -0.2) is 0 Å². The quantitative estimate of drug-likeness (QED) is 0.838. The lowest BCUT2D eigenvalue weighted by Gasteiger charge is -2.21. The third-order valence-electron chi connectivity index (χ3n) is 4.73. The highest BCUT2D eigenvalue weighted by Crippen LogP contribution is 2.34. The summed E-state index contributed by atoms with van der Waals surface area (Å²) in [6.07, 6.45) is 5.58. The molecule has 1 aliphatic rings. The van der Waals surface area contributed by atoms with Crippen molar-refractivity contribution in [3.8, 4) is 0 Å². The number of fused-ring (bicyclic) bond motifs is 1. The smallest absolute Gasteiger partial charge is 0.256 e. The molecule has 1 amide bonds. The SMILES string of the molecule is CCc1ccccc1NC(=O)c1csc2c1CCC(CC)C2. The Bertz CT molecular complexity index is 674. The van der Waals surface area contributed by atoms with Crippen molar-refractivity contribution in [2.45, 2.75) is 46.0 Å². The van der Waals surface area contributed by atoms with Crippen LogP contribution >= 0.6 is 11.3 Å². The summed E-state index contributed by atoms with van der Waals surface area (Å²) in [6.45, 7) is 4.38. The van der Waals surface area contributed by atoms with Crippen molar-refractivity contribution < 1.29 is 4.79 Å². The minimum Gasteiger partial charge on any atom is -0.322 e. The fourth-order valence-electron chi connectivity index (χ4n) is 3.26. The minimum atomic E-state index is 0.0494. The molecule has 0 bridgehead atoms. The minimum absolute atomic E-state index is 0.0494. The first-order valence-corrected chi connectivity index (χ1v) is 9.09. The second kappa shape index (κ2) is 6.66. The molecule has 1 atom stereocenters. The number of carbonyl (C=O) groups is 1. The molecule has 1 unspecified atom stereocenters. The summed E-state index contributed by atoms with van der Waals surface area (Å²) in [5.41, 5.74) is 4.31. The molecule has 0 aliphatic heterocycles. The second-order valence-electron chi connectivity index (χ2n) is 6.03. The van der Waals surface area contributed by atoms with Crippen LogP contribution in [0.15, 0.2) is 29.6 Å². The topological polar surface area (TPSA) is 29.1 Å². The average molecular weight is 313 g/mol. The Morgan fingerprint density at radius 3 is 2.91 bits per heavy atom. The number of hydrogen-bond acceptors (Lipinski definition) is 2. The van der Waals surface area contributed by atoms with E-state index in [-0.39, 0.29) is 5.91 Å². The fourth-order valence-corrected chi connectivity index (χ4v) is 4.46. The molecule has 22 heavy (non-hydrogen) atoms. The highest BCUT2D eigenvalue weighted by Gasteiger charge is 2.24. The van der Waals surface area contributed by atoms with E-state index in [9.17, 15) is 4.79 Å². The fraction of sp³-hybridized carbons (Fsp3) is 0.421. The molecule has 0 fully saturated rings. The zero-order valence-corrected chi connectivity index (χ0v) is 14.1. The summed E-state index contributed by atoms with van der Waals surface area (Å²) >= 11 is 1.76. The number of benzene rings is 1. The van der Waals surface area contributed by atoms with Crippen LogP contribution in [0.4, 0.5) is 5.69 Å². The highest BCUT2D eigenvalue weighted by molar-refractivity contribution is 7.10. The number of rotatable bonds is 4. The van der Waals surface area contributed by atoms with Gasteiger partial charge >= 0.3 is 0 Å². The standard InChI is InChI=1S/C19H23NOS/c1-3-13-9-10-15-16(12-22-18(15)11-13)19(21)20-17-8-6-5-7-14(17)4-2/h5-8,12-13H,3-4,9-11H2,1-2H3,(H,20,21). The normalized spacial score (nSPS) is 17.1. The predicted octanol–water partition coefficient (Wildman–Crippen LogP) is 5.08. The number of aryl methyl sites for hydroxylation is 1. The van der Waals surface area contributed by atoms with Crippen LogP contribution in [0.5, 0.6) is 0 Å². The van der Waals surface area contributed by atoms with Crippen LogP contribution in [0.2, 0.25) is 0 Å². The Balaban J connectivity index is 1.81. The molecule has 1 aromatic heterocycles. The van der Waals surface area contributed by atoms with Gasteiger partial charge in [-0.15, -0.1) is 11.3 Å². The molecule has 1 aromatic carbocycles. The number of thiophene rings is 1. The number of amides is 1. The van der Waals surface area contributed by atoms with Crippen molar-refractivity contribution in [2.75, 3.05) is 5.32 Å². The van der Waals surface area contributed by atoms with Crippen molar-refractivity contribution >= 4 is 22.9 Å². The summed E-state index contributed by atoms with van der Waals surface area (Å²) < 4.78 is 0. The number of nitrogens with one attached hydrogen (secondary N) is 1. The molecule has 1 aliphatic carbocycles. The molecule has 0 spiro atoms. The van der Waals surface area contributed by atoms with E-state index in [2.05, 4.69) is 25.2 Å². The van der Waals surface area contributed by atoms with Crippen LogP contribution in [-0.4, -0.2) is 5.91 Å². The summed E-state index contributed by atoms with van der Waals surface area (Å²) in [6, 6.07) is 8.06. The molecule has 2 nitrogen and oxygen atoms in total. The van der Waals surface area contributed by atoms with Crippen LogP contribution in [0.3, 0.4) is 0 Å². The van der Waals surface area contributed by atoms with E-state index in [1.807, 2.05) is 23.6 Å². The molecule has 116 valence electrons. The van der Waals surface area contributed by atoms with Gasteiger partial charge in [0, 0.05) is 15.9 Å². The third kappa shape index (κ3) is 2.95. The first kappa shape index (κ1) is 15.3. The predicted molar refractivity (Wildman–Crippen MR) is 93.9 cm³/mol. The number of anilines is 1. The van der Waals surface area contributed by atoms with Crippen LogP contribution in [0.25, 0.3) is 0 Å². The maximum Gasteiger partial charge on any atom is 0.256 e. The Morgan fingerprint density at radius 2 is 2.14 bits per heavy atom. The maximum atomic E-state index is 12.7. The maximum absolute atomic E-state index is 12.7. The molecule has 1 heterocycles. The Labute approximate surface area is 136 Å². The van der Waals surface area contributed by atoms with Crippen molar-refractivity contribution in [1.29, 1.82) is 0 Å². The van der Waals surface area contributed by atoms with E-state index in [0.29, 0.717) is 0 Å². The van der Waals surface area contributed by atoms with Crippen LogP contribution in [0.1, 0.15) is 53.1 Å². The first-order valence-electron chi connectivity index (χ1n) is 8.21. The number of para-hydroxylation sites is 1. The Kier molecular flexibility index (Phi) is 4.63. The van der Waals surface area contributed by atoms with Gasteiger partial charge in [0.05, 0.1) is 5.56 Å². The summed E-state index contributed by atoms with van der Waals surface area (Å²) in [5, 5.41) is 5.16. The zero-order chi connectivity index (χ0) is 15.5. The molecular formula is C19H23NOS. The van der Waals surface area contributed by atoms with E-state index in [4.69, 9.17) is 0 Å². The summed E-state index contributed by atoms with van der Waals surface area (Å²) in [5.74, 6) is 0.844. The molecule has 0 radical (unpaired) electrons. The number of carbonyl (C=O) groups excluding carboxylic acids is 1. The lowest BCUT2D eigenvalue weighted by Crippen LogP contribution is -2.17. The number of hydrogen-bond donors (Lipinski definition) is 1. The zero-order valence-electron chi connectivity index (χ0n) is 13.3. The van der Waals surface area contributed by atoms with E-state index in [0.717, 1.165) is 36.4 Å². The van der Waals surface area contributed by atoms with E-state index in [1.54, 1.807) is 11.3 Å². The van der Waals surface area contributed by atoms with Crippen LogP contribution in [0, 0.1) is 5.92 Å². The van der Waals surface area contributed by atoms with E-state index in [1.165, 1.54) is 28.8 Å². The van der Waals surface area contributed by atoms with Gasteiger partial charge in [-0.2, -0.15) is 0 Å². The van der Waals surface area contributed by atoms with Crippen LogP contribution < -0.4 is 5.32 Å². The van der Waals surface area contributed by atoms with Crippen molar-refractivity contribution in [2.24, 2.45) is 5.92 Å². The largest absolute Gasteiger partial charge is 0.322 e. The van der Waals surface area contributed by atoms with Gasteiger partial charge in [-0.3, -0.25) is 4.79 Å². The van der Waals surface area contributed by atoms with Crippen molar-refractivity contribution in [3.05, 3.63) is 51.2 Å². The Morgan fingerprint density at radius 1 is 1.32 bits per heavy atom. The first-order chi connectivity index (χ1) is 10.7. The average Bonchev–Trinajstić information content (AvgIpc) is 2.98.